The molecule has 1 saturated heterocycles. The van der Waals surface area contributed by atoms with Gasteiger partial charge in [-0.05, 0) is 42.5 Å². The van der Waals surface area contributed by atoms with Crippen LogP contribution in [0.5, 0.6) is 0 Å². The molecule has 2 aliphatic heterocycles. The van der Waals surface area contributed by atoms with Gasteiger partial charge in [0.25, 0.3) is 0 Å². The summed E-state index contributed by atoms with van der Waals surface area (Å²) >= 11 is 0. The summed E-state index contributed by atoms with van der Waals surface area (Å²) in [4.78, 5) is 18.9. The number of carbonyl (C=O) groups excluding carboxylic acids is 1. The van der Waals surface area contributed by atoms with Crippen LogP contribution >= 0.6 is 0 Å². The van der Waals surface area contributed by atoms with Crippen molar-refractivity contribution in [3.8, 4) is 6.07 Å². The fourth-order valence-electron chi connectivity index (χ4n) is 3.77. The summed E-state index contributed by atoms with van der Waals surface area (Å²) in [6, 6.07) is 15.6. The lowest BCUT2D eigenvalue weighted by Gasteiger charge is -2.33. The Morgan fingerprint density at radius 3 is 2.88 bits per heavy atom. The molecule has 1 aromatic carbocycles. The molecule has 0 saturated carbocycles. The topological polar surface area (TPSA) is 66.2 Å². The molecular weight excluding hydrogens is 326 g/mol. The Kier molecular flexibility index (Phi) is 4.40. The van der Waals surface area contributed by atoms with Crippen LogP contribution < -0.4 is 0 Å². The first kappa shape index (κ1) is 16.3. The maximum absolute atomic E-state index is 12.6. The number of fused-ring (bicyclic) bond motifs is 2. The first-order valence-corrected chi connectivity index (χ1v) is 8.81. The summed E-state index contributed by atoms with van der Waals surface area (Å²) < 4.78 is 5.52. The number of amides is 1. The summed E-state index contributed by atoms with van der Waals surface area (Å²) in [5.74, 6) is 0. The van der Waals surface area contributed by atoms with Gasteiger partial charge in [0.2, 0.25) is 0 Å². The molecular formula is C21H19N3O2. The maximum atomic E-state index is 12.6. The van der Waals surface area contributed by atoms with Gasteiger partial charge in [-0.25, -0.2) is 4.79 Å². The van der Waals surface area contributed by atoms with Crippen molar-refractivity contribution in [3.63, 3.8) is 0 Å². The van der Waals surface area contributed by atoms with E-state index in [4.69, 9.17) is 10.00 Å². The predicted octanol–water partition coefficient (Wildman–Crippen LogP) is 3.91. The zero-order chi connectivity index (χ0) is 17.9. The number of nitrogens with zero attached hydrogens (tertiary/aromatic N) is 3. The van der Waals surface area contributed by atoms with Gasteiger partial charge in [-0.1, -0.05) is 36.4 Å². The van der Waals surface area contributed by atoms with Gasteiger partial charge in [-0.3, -0.25) is 9.88 Å². The van der Waals surface area contributed by atoms with E-state index in [9.17, 15) is 4.79 Å². The van der Waals surface area contributed by atoms with Gasteiger partial charge < -0.3 is 4.74 Å². The summed E-state index contributed by atoms with van der Waals surface area (Å²) in [5, 5.41) is 9.08. The van der Waals surface area contributed by atoms with E-state index in [1.54, 1.807) is 12.3 Å². The molecule has 2 bridgehead atoms. The summed E-state index contributed by atoms with van der Waals surface area (Å²) in [6.45, 7) is 0.290. The van der Waals surface area contributed by atoms with E-state index in [0.29, 0.717) is 5.56 Å². The number of ether oxygens (including phenoxy) is 1. The second-order valence-electron chi connectivity index (χ2n) is 6.68. The van der Waals surface area contributed by atoms with Gasteiger partial charge in [-0.15, -0.1) is 0 Å². The number of nitriles is 1. The third kappa shape index (κ3) is 3.18. The monoisotopic (exact) mass is 345 g/mol. The molecule has 1 aromatic heterocycles. The summed E-state index contributed by atoms with van der Waals surface area (Å²) in [6.07, 6.45) is 6.16. The maximum Gasteiger partial charge on any atom is 0.410 e. The average Bonchev–Trinajstić information content (AvgIpc) is 2.96. The van der Waals surface area contributed by atoms with E-state index in [0.717, 1.165) is 36.1 Å². The van der Waals surface area contributed by atoms with Crippen molar-refractivity contribution in [2.75, 3.05) is 0 Å². The lowest BCUT2D eigenvalue weighted by molar-refractivity contribution is 0.0832. The van der Waals surface area contributed by atoms with Crippen LogP contribution in [0, 0.1) is 11.3 Å². The lowest BCUT2D eigenvalue weighted by Crippen LogP contribution is -2.43. The highest BCUT2D eigenvalue weighted by atomic mass is 16.6. The van der Waals surface area contributed by atoms with Gasteiger partial charge in [-0.2, -0.15) is 5.26 Å². The van der Waals surface area contributed by atoms with Crippen molar-refractivity contribution in [3.05, 3.63) is 71.6 Å². The molecule has 1 fully saturated rings. The molecule has 4 rings (SSSR count). The third-order valence-electron chi connectivity index (χ3n) is 5.03. The van der Waals surface area contributed by atoms with Crippen molar-refractivity contribution in [1.82, 2.24) is 9.88 Å². The van der Waals surface area contributed by atoms with Crippen LogP contribution in [0.25, 0.3) is 5.57 Å². The Morgan fingerprint density at radius 1 is 1.27 bits per heavy atom. The summed E-state index contributed by atoms with van der Waals surface area (Å²) in [7, 11) is 0. The Labute approximate surface area is 152 Å². The van der Waals surface area contributed by atoms with Crippen molar-refractivity contribution in [2.24, 2.45) is 0 Å². The second kappa shape index (κ2) is 7.01. The molecule has 2 unspecified atom stereocenters. The number of hydrogen-bond acceptors (Lipinski definition) is 4. The number of carbonyl (C=O) groups is 1. The minimum atomic E-state index is -0.254. The molecule has 130 valence electrons. The molecule has 5 nitrogen and oxygen atoms in total. The fraction of sp³-hybridized carbons (Fsp3) is 0.286. The highest BCUT2D eigenvalue weighted by molar-refractivity contribution is 5.74. The Morgan fingerprint density at radius 2 is 2.12 bits per heavy atom. The molecule has 2 atom stereocenters. The minimum Gasteiger partial charge on any atom is -0.445 e. The van der Waals surface area contributed by atoms with Crippen LogP contribution in [-0.2, 0) is 11.3 Å². The highest BCUT2D eigenvalue weighted by Crippen LogP contribution is 2.38. The van der Waals surface area contributed by atoms with Crippen LogP contribution in [0.3, 0.4) is 0 Å². The second-order valence-corrected chi connectivity index (χ2v) is 6.68. The van der Waals surface area contributed by atoms with E-state index in [1.165, 1.54) is 0 Å². The van der Waals surface area contributed by atoms with E-state index in [2.05, 4.69) is 17.1 Å². The quantitative estimate of drug-likeness (QED) is 0.846. The standard InChI is InChI=1S/C21H19N3O2/c22-13-16-8-9-23-20(10-16)17-11-18-6-7-19(12-17)24(18)21(25)26-14-15-4-2-1-3-5-15/h1-5,8-11,18-19H,6-7,12,14H2. The van der Waals surface area contributed by atoms with E-state index in [1.807, 2.05) is 41.3 Å². The zero-order valence-corrected chi connectivity index (χ0v) is 14.3. The van der Waals surface area contributed by atoms with Gasteiger partial charge in [0, 0.05) is 12.2 Å². The highest BCUT2D eigenvalue weighted by Gasteiger charge is 2.40. The number of pyridine rings is 1. The summed E-state index contributed by atoms with van der Waals surface area (Å²) in [5.41, 5.74) is 3.53. The molecule has 5 heteroatoms. The van der Waals surface area contributed by atoms with Crippen LogP contribution in [0.15, 0.2) is 54.7 Å². The first-order valence-electron chi connectivity index (χ1n) is 8.81. The minimum absolute atomic E-state index is 0.0413. The number of hydrogen-bond donors (Lipinski definition) is 0. The molecule has 0 spiro atoms. The van der Waals surface area contributed by atoms with Gasteiger partial charge in [0.15, 0.2) is 0 Å². The van der Waals surface area contributed by atoms with Gasteiger partial charge >= 0.3 is 6.09 Å². The number of benzene rings is 1. The SMILES string of the molecule is N#Cc1ccnc(C2=CC3CCC(C2)N3C(=O)OCc2ccccc2)c1. The fourth-order valence-corrected chi connectivity index (χ4v) is 3.77. The smallest absolute Gasteiger partial charge is 0.410 e. The zero-order valence-electron chi connectivity index (χ0n) is 14.3. The largest absolute Gasteiger partial charge is 0.445 e. The number of aromatic nitrogens is 1. The van der Waals surface area contributed by atoms with Crippen LogP contribution in [0.1, 0.15) is 36.1 Å². The Balaban J connectivity index is 1.48. The molecule has 0 N–H and O–H groups in total. The molecule has 2 aliphatic rings. The first-order chi connectivity index (χ1) is 12.7. The van der Waals surface area contributed by atoms with Crippen molar-refractivity contribution >= 4 is 11.7 Å². The molecule has 0 radical (unpaired) electrons. The Hall–Kier alpha value is -3.13. The lowest BCUT2D eigenvalue weighted by atomic mass is 9.98. The van der Waals surface area contributed by atoms with Gasteiger partial charge in [0.1, 0.15) is 6.61 Å². The van der Waals surface area contributed by atoms with Crippen molar-refractivity contribution < 1.29 is 9.53 Å². The number of rotatable bonds is 3. The predicted molar refractivity (Wildman–Crippen MR) is 96.8 cm³/mol. The van der Waals surface area contributed by atoms with Crippen LogP contribution in [0.2, 0.25) is 0 Å². The third-order valence-corrected chi connectivity index (χ3v) is 5.03. The Bertz CT molecular complexity index is 886. The van der Waals surface area contributed by atoms with Crippen LogP contribution in [0.4, 0.5) is 4.79 Å². The normalized spacial score (nSPS) is 21.0. The molecule has 0 aliphatic carbocycles. The average molecular weight is 345 g/mol. The molecule has 1 amide bonds. The van der Waals surface area contributed by atoms with Crippen molar-refractivity contribution in [1.29, 1.82) is 5.26 Å². The van der Waals surface area contributed by atoms with Crippen LogP contribution in [-0.4, -0.2) is 28.1 Å². The van der Waals surface area contributed by atoms with E-state index in [-0.39, 0.29) is 24.8 Å². The molecule has 26 heavy (non-hydrogen) atoms. The van der Waals surface area contributed by atoms with E-state index < -0.39 is 0 Å². The van der Waals surface area contributed by atoms with Crippen molar-refractivity contribution in [2.45, 2.75) is 38.0 Å². The van der Waals surface area contributed by atoms with Gasteiger partial charge in [0.05, 0.1) is 23.4 Å². The van der Waals surface area contributed by atoms with E-state index >= 15 is 0 Å². The molecule has 2 aromatic rings. The molecule has 3 heterocycles.